The van der Waals surface area contributed by atoms with Crippen LogP contribution in [0.2, 0.25) is 15.1 Å². The predicted octanol–water partition coefficient (Wildman–Crippen LogP) is 9.83. The van der Waals surface area contributed by atoms with Crippen LogP contribution in [-0.2, 0) is 9.53 Å². The zero-order chi connectivity index (χ0) is 23.6. The van der Waals surface area contributed by atoms with Crippen LogP contribution in [0.4, 0.5) is 0 Å². The molecule has 6 heteroatoms. The number of hydrogen-bond donors (Lipinski definition) is 0. The van der Waals surface area contributed by atoms with Gasteiger partial charge in [-0.05, 0) is 31.9 Å². The van der Waals surface area contributed by atoms with Crippen LogP contribution in [0.25, 0.3) is 0 Å². The molecule has 0 saturated carbocycles. The molecule has 0 aliphatic carbocycles. The van der Waals surface area contributed by atoms with E-state index in [1.54, 1.807) is 19.1 Å². The van der Waals surface area contributed by atoms with Crippen LogP contribution in [0, 0.1) is 0 Å². The molecule has 32 heavy (non-hydrogen) atoms. The molecule has 0 aliphatic rings. The Labute approximate surface area is 210 Å². The summed E-state index contributed by atoms with van der Waals surface area (Å²) >= 11 is 18.4. The number of carbonyl (C=O) groups excluding carboxylic acids is 1. The van der Waals surface area contributed by atoms with Crippen molar-refractivity contribution in [3.63, 3.8) is 0 Å². The first kappa shape index (κ1) is 29.4. The van der Waals surface area contributed by atoms with Crippen molar-refractivity contribution in [3.05, 3.63) is 27.2 Å². The van der Waals surface area contributed by atoms with Crippen LogP contribution in [0.5, 0.6) is 5.75 Å². The monoisotopic (exact) mass is 506 g/mol. The molecular weight excluding hydrogens is 467 g/mol. The van der Waals surface area contributed by atoms with Gasteiger partial charge in [0.05, 0.1) is 16.7 Å². The SMILES string of the molecule is CCCCCCCCCCCCCCCCC(Oc1c(Cl)cc(Cl)cc1Cl)C(=O)OCC. The quantitative estimate of drug-likeness (QED) is 0.138. The van der Waals surface area contributed by atoms with Crippen molar-refractivity contribution in [2.45, 2.75) is 116 Å². The summed E-state index contributed by atoms with van der Waals surface area (Å²) in [6, 6.07) is 3.11. The Kier molecular flexibility index (Phi) is 17.2. The highest BCUT2D eigenvalue weighted by Gasteiger charge is 2.24. The highest BCUT2D eigenvalue weighted by atomic mass is 35.5. The lowest BCUT2D eigenvalue weighted by molar-refractivity contribution is -0.151. The van der Waals surface area contributed by atoms with E-state index in [0.29, 0.717) is 18.1 Å². The molecule has 0 bridgehead atoms. The van der Waals surface area contributed by atoms with E-state index in [1.807, 2.05) is 0 Å². The molecule has 0 saturated heterocycles. The van der Waals surface area contributed by atoms with Gasteiger partial charge < -0.3 is 9.47 Å². The minimum Gasteiger partial charge on any atom is -0.476 e. The first-order chi connectivity index (χ1) is 15.5. The van der Waals surface area contributed by atoms with Crippen LogP contribution in [0.1, 0.15) is 110 Å². The van der Waals surface area contributed by atoms with E-state index in [4.69, 9.17) is 44.3 Å². The molecule has 3 nitrogen and oxygen atoms in total. The normalized spacial score (nSPS) is 12.0. The van der Waals surface area contributed by atoms with E-state index < -0.39 is 6.10 Å². The van der Waals surface area contributed by atoms with Crippen LogP contribution >= 0.6 is 34.8 Å². The van der Waals surface area contributed by atoms with Gasteiger partial charge in [-0.3, -0.25) is 0 Å². The van der Waals surface area contributed by atoms with E-state index in [9.17, 15) is 4.79 Å². The molecular formula is C26H41Cl3O3. The highest BCUT2D eigenvalue weighted by Crippen LogP contribution is 2.37. The Morgan fingerprint density at radius 2 is 1.19 bits per heavy atom. The van der Waals surface area contributed by atoms with Crippen molar-refractivity contribution < 1.29 is 14.3 Å². The predicted molar refractivity (Wildman–Crippen MR) is 137 cm³/mol. The first-order valence-corrected chi connectivity index (χ1v) is 13.6. The lowest BCUT2D eigenvalue weighted by Gasteiger charge is -2.19. The molecule has 1 atom stereocenters. The van der Waals surface area contributed by atoms with Crippen molar-refractivity contribution in [1.29, 1.82) is 0 Å². The van der Waals surface area contributed by atoms with Gasteiger partial charge in [-0.2, -0.15) is 0 Å². The molecule has 184 valence electrons. The number of carbonyl (C=O) groups is 1. The highest BCUT2D eigenvalue weighted by molar-refractivity contribution is 6.40. The van der Waals surface area contributed by atoms with Gasteiger partial charge in [-0.15, -0.1) is 0 Å². The van der Waals surface area contributed by atoms with Crippen LogP contribution in [0.15, 0.2) is 12.1 Å². The molecule has 1 aromatic carbocycles. The van der Waals surface area contributed by atoms with E-state index >= 15 is 0 Å². The fraction of sp³-hybridized carbons (Fsp3) is 0.731. The van der Waals surface area contributed by atoms with Gasteiger partial charge in [0, 0.05) is 5.02 Å². The summed E-state index contributed by atoms with van der Waals surface area (Å²) in [5.74, 6) is -0.106. The van der Waals surface area contributed by atoms with Crippen molar-refractivity contribution in [1.82, 2.24) is 0 Å². The summed E-state index contributed by atoms with van der Waals surface area (Å²) in [6.45, 7) is 4.35. The average molecular weight is 508 g/mol. The number of ether oxygens (including phenoxy) is 2. The average Bonchev–Trinajstić information content (AvgIpc) is 2.75. The third kappa shape index (κ3) is 13.2. The van der Waals surface area contributed by atoms with Crippen molar-refractivity contribution >= 4 is 40.8 Å². The van der Waals surface area contributed by atoms with Crippen LogP contribution in [0.3, 0.4) is 0 Å². The Balaban J connectivity index is 2.22. The lowest BCUT2D eigenvalue weighted by atomic mass is 10.0. The Bertz CT molecular complexity index is 614. The summed E-state index contributed by atoms with van der Waals surface area (Å²) < 4.78 is 11.0. The summed E-state index contributed by atoms with van der Waals surface area (Å²) in [6.07, 6.45) is 17.9. The van der Waals surface area contributed by atoms with E-state index in [-0.39, 0.29) is 21.8 Å². The van der Waals surface area contributed by atoms with Gasteiger partial charge in [0.2, 0.25) is 0 Å². The van der Waals surface area contributed by atoms with Crippen molar-refractivity contribution in [2.24, 2.45) is 0 Å². The number of hydrogen-bond acceptors (Lipinski definition) is 3. The molecule has 1 rings (SSSR count). The van der Waals surface area contributed by atoms with Crippen molar-refractivity contribution in [2.75, 3.05) is 6.61 Å². The number of esters is 1. The zero-order valence-electron chi connectivity index (χ0n) is 19.9. The Morgan fingerprint density at radius 1 is 0.750 bits per heavy atom. The maximum atomic E-state index is 12.3. The maximum Gasteiger partial charge on any atom is 0.347 e. The molecule has 1 unspecified atom stereocenters. The van der Waals surface area contributed by atoms with Gasteiger partial charge in [0.1, 0.15) is 0 Å². The Morgan fingerprint density at radius 3 is 1.62 bits per heavy atom. The van der Waals surface area contributed by atoms with E-state index in [0.717, 1.165) is 12.8 Å². The molecule has 1 aromatic rings. The number of rotatable bonds is 19. The van der Waals surface area contributed by atoms with Crippen LogP contribution < -0.4 is 4.74 Å². The zero-order valence-corrected chi connectivity index (χ0v) is 22.2. The molecule has 0 radical (unpaired) electrons. The number of halogens is 3. The second kappa shape index (κ2) is 18.7. The van der Waals surface area contributed by atoms with Crippen LogP contribution in [-0.4, -0.2) is 18.7 Å². The minimum absolute atomic E-state index is 0.279. The summed E-state index contributed by atoms with van der Waals surface area (Å²) in [7, 11) is 0. The van der Waals surface area contributed by atoms with E-state index in [1.165, 1.54) is 77.0 Å². The molecule has 0 N–H and O–H groups in total. The maximum absolute atomic E-state index is 12.3. The fourth-order valence-electron chi connectivity index (χ4n) is 3.77. The first-order valence-electron chi connectivity index (χ1n) is 12.5. The molecule has 0 aromatic heterocycles. The minimum atomic E-state index is -0.719. The van der Waals surface area contributed by atoms with Gasteiger partial charge in [0.25, 0.3) is 0 Å². The molecule has 0 aliphatic heterocycles. The molecule has 0 heterocycles. The lowest BCUT2D eigenvalue weighted by Crippen LogP contribution is -2.29. The third-order valence-corrected chi connectivity index (χ3v) is 6.37. The number of benzene rings is 1. The van der Waals surface area contributed by atoms with E-state index in [2.05, 4.69) is 6.92 Å². The summed E-state index contributed by atoms with van der Waals surface area (Å²) in [4.78, 5) is 12.3. The van der Waals surface area contributed by atoms with Gasteiger partial charge in [0.15, 0.2) is 11.9 Å². The standard InChI is InChI=1S/C26H41Cl3O3/c1-3-5-6-7-8-9-10-11-12-13-14-15-16-17-18-24(26(30)31-4-2)32-25-22(28)19-21(27)20-23(25)29/h19-20,24H,3-18H2,1-2H3. The van der Waals surface area contributed by atoms with Crippen molar-refractivity contribution in [3.8, 4) is 5.75 Å². The largest absolute Gasteiger partial charge is 0.476 e. The Hall–Kier alpha value is -0.640. The van der Waals surface area contributed by atoms with Gasteiger partial charge in [-0.1, -0.05) is 125 Å². The third-order valence-electron chi connectivity index (χ3n) is 5.59. The second-order valence-electron chi connectivity index (χ2n) is 8.44. The van der Waals surface area contributed by atoms with Gasteiger partial charge >= 0.3 is 5.97 Å². The summed E-state index contributed by atoms with van der Waals surface area (Å²) in [5.41, 5.74) is 0. The molecule has 0 amide bonds. The molecule has 0 spiro atoms. The molecule has 0 fully saturated rings. The topological polar surface area (TPSA) is 35.5 Å². The fourth-order valence-corrected chi connectivity index (χ4v) is 4.67. The number of unbranched alkanes of at least 4 members (excludes halogenated alkanes) is 13. The summed E-state index contributed by atoms with van der Waals surface area (Å²) in [5, 5.41) is 1.00. The smallest absolute Gasteiger partial charge is 0.347 e. The van der Waals surface area contributed by atoms with Gasteiger partial charge in [-0.25, -0.2) is 4.79 Å². The second-order valence-corrected chi connectivity index (χ2v) is 9.69.